The van der Waals surface area contributed by atoms with Crippen LogP contribution in [0, 0.1) is 0 Å². The van der Waals surface area contributed by atoms with Gasteiger partial charge in [-0.2, -0.15) is 0 Å². The fourth-order valence-corrected chi connectivity index (χ4v) is 6.30. The second-order valence-corrected chi connectivity index (χ2v) is 11.7. The summed E-state index contributed by atoms with van der Waals surface area (Å²) < 4.78 is 6.29. The first kappa shape index (κ1) is 27.0. The molecule has 0 amide bonds. The van der Waals surface area contributed by atoms with E-state index in [1.807, 2.05) is 54.6 Å². The number of hydrogen-bond donors (Lipinski definition) is 0. The normalized spacial score (nSPS) is 11.4. The van der Waals surface area contributed by atoms with Crippen LogP contribution in [-0.2, 0) is 0 Å². The molecule has 0 bridgehead atoms. The molecule has 4 nitrogen and oxygen atoms in total. The molecule has 7 aromatic carbocycles. The fraction of sp³-hybridized carbons (Fsp3) is 0. The maximum atomic E-state index is 6.29. The summed E-state index contributed by atoms with van der Waals surface area (Å²) in [5, 5.41) is 4.43. The molecule has 0 fully saturated rings. The second-order valence-electron chi connectivity index (χ2n) is 11.7. The Labute approximate surface area is 271 Å². The van der Waals surface area contributed by atoms with Crippen LogP contribution in [0.25, 0.3) is 89.1 Å². The molecule has 0 aliphatic carbocycles. The van der Waals surface area contributed by atoms with Crippen LogP contribution in [0.3, 0.4) is 0 Å². The highest BCUT2D eigenvalue weighted by Crippen LogP contribution is 2.36. The van der Waals surface area contributed by atoms with E-state index in [0.29, 0.717) is 17.5 Å². The summed E-state index contributed by atoms with van der Waals surface area (Å²) in [5.74, 6) is 1.85. The van der Waals surface area contributed by atoms with Gasteiger partial charge in [0, 0.05) is 27.5 Å². The number of benzene rings is 7. The summed E-state index contributed by atoms with van der Waals surface area (Å²) in [5.41, 5.74) is 8.92. The molecule has 0 saturated heterocycles. The van der Waals surface area contributed by atoms with Crippen molar-refractivity contribution in [1.29, 1.82) is 0 Å². The summed E-state index contributed by atoms with van der Waals surface area (Å²) in [6.45, 7) is 0. The molecule has 0 unspecified atom stereocenters. The minimum absolute atomic E-state index is 0.609. The number of furan rings is 1. The molecule has 9 rings (SSSR count). The van der Waals surface area contributed by atoms with E-state index >= 15 is 0 Å². The maximum Gasteiger partial charge on any atom is 0.164 e. The molecular weight excluding hydrogens is 574 g/mol. The van der Waals surface area contributed by atoms with E-state index in [4.69, 9.17) is 19.4 Å². The van der Waals surface area contributed by atoms with Gasteiger partial charge < -0.3 is 4.42 Å². The highest BCUT2D eigenvalue weighted by molar-refractivity contribution is 6.10. The molecule has 4 heteroatoms. The molecule has 2 heterocycles. The minimum atomic E-state index is 0.609. The van der Waals surface area contributed by atoms with Crippen molar-refractivity contribution in [1.82, 2.24) is 15.0 Å². The maximum absolute atomic E-state index is 6.29. The molecule has 47 heavy (non-hydrogen) atoms. The summed E-state index contributed by atoms with van der Waals surface area (Å²) in [6.07, 6.45) is 0. The van der Waals surface area contributed by atoms with Crippen LogP contribution in [0.1, 0.15) is 0 Å². The molecule has 0 saturated carbocycles. The Hall–Kier alpha value is -6.39. The van der Waals surface area contributed by atoms with Gasteiger partial charge in [-0.1, -0.05) is 115 Å². The van der Waals surface area contributed by atoms with Gasteiger partial charge in [-0.05, 0) is 81.6 Å². The first-order chi connectivity index (χ1) is 23.2. The third-order valence-electron chi connectivity index (χ3n) is 8.67. The number of nitrogens with zero attached hydrogens (tertiary/aromatic N) is 3. The lowest BCUT2D eigenvalue weighted by molar-refractivity contribution is 0.669. The molecule has 0 aliphatic heterocycles. The lowest BCUT2D eigenvalue weighted by Crippen LogP contribution is -2.00. The Bertz CT molecular complexity index is 2500. The van der Waals surface area contributed by atoms with Gasteiger partial charge in [-0.25, -0.2) is 15.0 Å². The van der Waals surface area contributed by atoms with Gasteiger partial charge in [-0.3, -0.25) is 0 Å². The van der Waals surface area contributed by atoms with Crippen LogP contribution in [0.4, 0.5) is 0 Å². The summed E-state index contributed by atoms with van der Waals surface area (Å²) >= 11 is 0. The SMILES string of the molecule is c1ccc(-c2cc(-c3ccccc3)cc(-c3nc(-c4ccccc4)nc(-c4ccc5oc6cc7ccccc7cc6c5c4)n3)c2)cc1. The van der Waals surface area contributed by atoms with Crippen molar-refractivity contribution in [3.63, 3.8) is 0 Å². The summed E-state index contributed by atoms with van der Waals surface area (Å²) in [7, 11) is 0. The predicted molar refractivity (Wildman–Crippen MR) is 192 cm³/mol. The minimum Gasteiger partial charge on any atom is -0.456 e. The molecule has 0 aliphatic rings. The molecule has 9 aromatic rings. The van der Waals surface area contributed by atoms with Crippen molar-refractivity contribution in [2.24, 2.45) is 0 Å². The Morgan fingerprint density at radius 3 is 1.38 bits per heavy atom. The highest BCUT2D eigenvalue weighted by atomic mass is 16.3. The summed E-state index contributed by atoms with van der Waals surface area (Å²) in [6, 6.07) is 56.4. The molecule has 0 radical (unpaired) electrons. The Morgan fingerprint density at radius 1 is 0.298 bits per heavy atom. The van der Waals surface area contributed by atoms with Crippen molar-refractivity contribution < 1.29 is 4.42 Å². The van der Waals surface area contributed by atoms with Gasteiger partial charge in [0.2, 0.25) is 0 Å². The number of fused-ring (bicyclic) bond motifs is 4. The third-order valence-corrected chi connectivity index (χ3v) is 8.67. The van der Waals surface area contributed by atoms with Gasteiger partial charge in [0.25, 0.3) is 0 Å². The Kier molecular flexibility index (Phi) is 6.43. The number of aromatic nitrogens is 3. The zero-order valence-electron chi connectivity index (χ0n) is 25.3. The molecule has 2 aromatic heterocycles. The molecular formula is C43H27N3O. The van der Waals surface area contributed by atoms with Crippen molar-refractivity contribution in [3.05, 3.63) is 164 Å². The fourth-order valence-electron chi connectivity index (χ4n) is 6.30. The van der Waals surface area contributed by atoms with Crippen LogP contribution in [0.15, 0.2) is 168 Å². The average molecular weight is 602 g/mol. The van der Waals surface area contributed by atoms with Crippen LogP contribution < -0.4 is 0 Å². The van der Waals surface area contributed by atoms with E-state index in [1.54, 1.807) is 0 Å². The van der Waals surface area contributed by atoms with Gasteiger partial charge in [-0.15, -0.1) is 0 Å². The van der Waals surface area contributed by atoms with Crippen molar-refractivity contribution in [2.45, 2.75) is 0 Å². The lowest BCUT2D eigenvalue weighted by atomic mass is 9.96. The second kappa shape index (κ2) is 11.2. The van der Waals surface area contributed by atoms with Gasteiger partial charge >= 0.3 is 0 Å². The van der Waals surface area contributed by atoms with Crippen molar-refractivity contribution in [3.8, 4) is 56.4 Å². The molecule has 0 atom stereocenters. The number of rotatable bonds is 5. The molecule has 0 spiro atoms. The zero-order chi connectivity index (χ0) is 31.2. The molecule has 0 N–H and O–H groups in total. The van der Waals surface area contributed by atoms with Crippen LogP contribution in [0.5, 0.6) is 0 Å². The monoisotopic (exact) mass is 601 g/mol. The highest BCUT2D eigenvalue weighted by Gasteiger charge is 2.16. The summed E-state index contributed by atoms with van der Waals surface area (Å²) in [4.78, 5) is 15.2. The zero-order valence-corrected chi connectivity index (χ0v) is 25.3. The van der Waals surface area contributed by atoms with Crippen LogP contribution in [-0.4, -0.2) is 15.0 Å². The quantitative estimate of drug-likeness (QED) is 0.197. The van der Waals surface area contributed by atoms with Crippen molar-refractivity contribution in [2.75, 3.05) is 0 Å². The third kappa shape index (κ3) is 5.02. The largest absolute Gasteiger partial charge is 0.456 e. The standard InChI is InChI=1S/C43H27N3O/c1-4-12-28(13-5-1)34-22-35(29-14-6-2-7-15-29)24-36(23-34)43-45-41(30-16-8-3-9-17-30)44-42(46-43)33-20-21-39-37(26-33)38-25-31-18-10-11-19-32(31)27-40(38)47-39/h1-27H. The van der Waals surface area contributed by atoms with E-state index in [2.05, 4.69) is 109 Å². The predicted octanol–water partition coefficient (Wildman–Crippen LogP) is 11.3. The van der Waals surface area contributed by atoms with Gasteiger partial charge in [0.1, 0.15) is 11.2 Å². The molecule has 220 valence electrons. The first-order valence-electron chi connectivity index (χ1n) is 15.7. The van der Waals surface area contributed by atoms with Crippen LogP contribution >= 0.6 is 0 Å². The first-order valence-corrected chi connectivity index (χ1v) is 15.7. The van der Waals surface area contributed by atoms with E-state index in [0.717, 1.165) is 66.3 Å². The van der Waals surface area contributed by atoms with Crippen LogP contribution in [0.2, 0.25) is 0 Å². The van der Waals surface area contributed by atoms with E-state index < -0.39 is 0 Å². The van der Waals surface area contributed by atoms with E-state index in [-0.39, 0.29) is 0 Å². The van der Waals surface area contributed by atoms with E-state index in [9.17, 15) is 0 Å². The lowest BCUT2D eigenvalue weighted by Gasteiger charge is -2.12. The van der Waals surface area contributed by atoms with E-state index in [1.165, 1.54) is 5.39 Å². The Morgan fingerprint density at radius 2 is 0.766 bits per heavy atom. The van der Waals surface area contributed by atoms with Gasteiger partial charge in [0.05, 0.1) is 0 Å². The smallest absolute Gasteiger partial charge is 0.164 e. The van der Waals surface area contributed by atoms with Crippen molar-refractivity contribution >= 4 is 32.7 Å². The Balaban J connectivity index is 1.26. The topological polar surface area (TPSA) is 51.8 Å². The number of hydrogen-bond acceptors (Lipinski definition) is 4. The average Bonchev–Trinajstić information content (AvgIpc) is 3.51. The van der Waals surface area contributed by atoms with Gasteiger partial charge in [0.15, 0.2) is 17.5 Å².